The predicted octanol–water partition coefficient (Wildman–Crippen LogP) is 6.70. The number of piperidine rings is 1. The second-order valence-corrected chi connectivity index (χ2v) is 13.3. The lowest BCUT2D eigenvalue weighted by atomic mass is 9.83. The average Bonchev–Trinajstić information content (AvgIpc) is 3.63. The van der Waals surface area contributed by atoms with Gasteiger partial charge in [-0.2, -0.15) is 5.10 Å². The van der Waals surface area contributed by atoms with Crippen molar-refractivity contribution in [2.24, 2.45) is 11.8 Å². The van der Waals surface area contributed by atoms with Crippen LogP contribution in [0.5, 0.6) is 0 Å². The van der Waals surface area contributed by atoms with Crippen LogP contribution < -0.4 is 0 Å². The lowest BCUT2D eigenvalue weighted by molar-refractivity contribution is -0.145. The zero-order valence-corrected chi connectivity index (χ0v) is 25.9. The van der Waals surface area contributed by atoms with Gasteiger partial charge in [0.2, 0.25) is 0 Å². The number of aryl methyl sites for hydroxylation is 1. The number of nitrogens with zero attached hydrogens (tertiary/aromatic N) is 4. The molecule has 1 N–H and O–H groups in total. The van der Waals surface area contributed by atoms with Crippen molar-refractivity contribution in [3.8, 4) is 0 Å². The van der Waals surface area contributed by atoms with E-state index in [1.807, 2.05) is 18.2 Å². The molecule has 2 saturated heterocycles. The van der Waals surface area contributed by atoms with Crippen LogP contribution in [-0.2, 0) is 17.8 Å². The Labute approximate surface area is 260 Å². The van der Waals surface area contributed by atoms with Crippen molar-refractivity contribution in [1.29, 1.82) is 0 Å². The highest BCUT2D eigenvalue weighted by Crippen LogP contribution is 2.39. The highest BCUT2D eigenvalue weighted by molar-refractivity contribution is 5.74. The molecule has 1 aliphatic carbocycles. The maximum atomic E-state index is 14.3. The van der Waals surface area contributed by atoms with Crippen LogP contribution in [0, 0.1) is 23.5 Å². The van der Waals surface area contributed by atoms with Gasteiger partial charge in [-0.25, -0.2) is 8.78 Å². The van der Waals surface area contributed by atoms with Gasteiger partial charge in [-0.05, 0) is 99.0 Å². The molecule has 236 valence electrons. The number of likely N-dealkylation sites (tertiary alicyclic amines) is 2. The molecule has 0 radical (unpaired) electrons. The van der Waals surface area contributed by atoms with Gasteiger partial charge in [0.1, 0.15) is 17.7 Å². The molecule has 3 heterocycles. The number of halogens is 2. The zero-order valence-electron chi connectivity index (χ0n) is 25.9. The molecule has 0 amide bonds. The molecule has 0 spiro atoms. The monoisotopic (exact) mass is 604 g/mol. The molecule has 44 heavy (non-hydrogen) atoms. The molecule has 8 heteroatoms. The fraction of sp³-hybridized carbons (Fsp3) is 0.556. The number of benzene rings is 2. The van der Waals surface area contributed by atoms with Gasteiger partial charge < -0.3 is 10.0 Å². The summed E-state index contributed by atoms with van der Waals surface area (Å²) in [4.78, 5) is 17.3. The number of hydrogen-bond donors (Lipinski definition) is 1. The Morgan fingerprint density at radius 3 is 2.39 bits per heavy atom. The van der Waals surface area contributed by atoms with Crippen molar-refractivity contribution in [1.82, 2.24) is 19.6 Å². The van der Waals surface area contributed by atoms with Gasteiger partial charge >= 0.3 is 5.97 Å². The maximum Gasteiger partial charge on any atom is 0.321 e. The van der Waals surface area contributed by atoms with Gasteiger partial charge in [0, 0.05) is 50.1 Å². The maximum absolute atomic E-state index is 14.3. The Bertz CT molecular complexity index is 1400. The van der Waals surface area contributed by atoms with Crippen LogP contribution in [0.3, 0.4) is 0 Å². The first-order chi connectivity index (χ1) is 21.4. The Morgan fingerprint density at radius 2 is 1.70 bits per heavy atom. The van der Waals surface area contributed by atoms with Gasteiger partial charge in [0.05, 0.1) is 5.69 Å². The van der Waals surface area contributed by atoms with E-state index in [-0.39, 0.29) is 29.4 Å². The number of aliphatic carboxylic acids is 1. The first-order valence-corrected chi connectivity index (χ1v) is 16.6. The quantitative estimate of drug-likeness (QED) is 0.279. The standard InChI is InChI=1S/C36H46F2N4O2/c1-2-42-34(21-32(39-42)19-25-11-13-30(37)14-12-25)26-15-17-40(18-16-26)22-29-23-41(24-33(29)28-9-6-10-31(38)20-28)35(36(43)44)27-7-4-3-5-8-27/h6,9-14,20-21,26-27,29,33,35H,2-5,7-8,15-19,22-24H2,1H3,(H,43,44)/t29-,33+,35+/m0/s1. The van der Waals surface area contributed by atoms with Crippen LogP contribution in [0.4, 0.5) is 8.78 Å². The zero-order chi connectivity index (χ0) is 30.6. The third-order valence-corrected chi connectivity index (χ3v) is 10.4. The Hall–Kier alpha value is -3.10. The minimum Gasteiger partial charge on any atom is -0.480 e. The number of carbonyl (C=O) groups is 1. The summed E-state index contributed by atoms with van der Waals surface area (Å²) in [5.41, 5.74) is 4.35. The molecule has 0 unspecified atom stereocenters. The predicted molar refractivity (Wildman–Crippen MR) is 168 cm³/mol. The summed E-state index contributed by atoms with van der Waals surface area (Å²) in [5.74, 6) is -0.162. The van der Waals surface area contributed by atoms with Crippen LogP contribution in [0.15, 0.2) is 54.6 Å². The summed E-state index contributed by atoms with van der Waals surface area (Å²) in [6.07, 6.45) is 8.16. The van der Waals surface area contributed by atoms with E-state index in [1.165, 1.54) is 30.3 Å². The van der Waals surface area contributed by atoms with Crippen molar-refractivity contribution in [2.75, 3.05) is 32.7 Å². The topological polar surface area (TPSA) is 61.6 Å². The summed E-state index contributed by atoms with van der Waals surface area (Å²) in [7, 11) is 0. The summed E-state index contributed by atoms with van der Waals surface area (Å²) in [6, 6.07) is 15.4. The summed E-state index contributed by atoms with van der Waals surface area (Å²) >= 11 is 0. The van der Waals surface area contributed by atoms with E-state index in [0.29, 0.717) is 18.9 Å². The van der Waals surface area contributed by atoms with Crippen molar-refractivity contribution in [3.63, 3.8) is 0 Å². The molecule has 1 saturated carbocycles. The van der Waals surface area contributed by atoms with Crippen LogP contribution in [-0.4, -0.2) is 69.4 Å². The number of hydrogen-bond acceptors (Lipinski definition) is 4. The molecule has 1 aromatic heterocycles. The summed E-state index contributed by atoms with van der Waals surface area (Å²) in [6.45, 7) is 7.20. The molecular weight excluding hydrogens is 558 g/mol. The second-order valence-electron chi connectivity index (χ2n) is 13.3. The summed E-state index contributed by atoms with van der Waals surface area (Å²) < 4.78 is 29.9. The second kappa shape index (κ2) is 13.9. The van der Waals surface area contributed by atoms with Crippen LogP contribution in [0.2, 0.25) is 0 Å². The number of aromatic nitrogens is 2. The molecular formula is C36H46F2N4O2. The molecule has 3 fully saturated rings. The largest absolute Gasteiger partial charge is 0.480 e. The number of rotatable bonds is 10. The van der Waals surface area contributed by atoms with E-state index in [1.54, 1.807) is 12.1 Å². The third-order valence-electron chi connectivity index (χ3n) is 10.4. The van der Waals surface area contributed by atoms with E-state index >= 15 is 0 Å². The number of carboxylic acids is 1. The minimum atomic E-state index is -0.706. The smallest absolute Gasteiger partial charge is 0.321 e. The van der Waals surface area contributed by atoms with Gasteiger partial charge in [-0.15, -0.1) is 0 Å². The van der Waals surface area contributed by atoms with Crippen LogP contribution >= 0.6 is 0 Å². The lowest BCUT2D eigenvalue weighted by Crippen LogP contribution is -2.46. The Morgan fingerprint density at radius 1 is 0.955 bits per heavy atom. The normalized spacial score (nSPS) is 23.2. The SMILES string of the molecule is CCn1nc(Cc2ccc(F)cc2)cc1C1CCN(C[C@H]2CN([C@@H](C(=O)O)C3CCCCC3)C[C@@H]2c2cccc(F)c2)CC1. The first-order valence-electron chi connectivity index (χ1n) is 16.6. The molecule has 6 nitrogen and oxygen atoms in total. The first kappa shape index (κ1) is 30.9. The molecule has 2 aliphatic heterocycles. The lowest BCUT2D eigenvalue weighted by Gasteiger charge is -2.35. The molecule has 6 rings (SSSR count). The van der Waals surface area contributed by atoms with Gasteiger partial charge in [0.25, 0.3) is 0 Å². The van der Waals surface area contributed by atoms with Crippen molar-refractivity contribution in [3.05, 3.63) is 88.7 Å². The molecule has 3 aliphatic rings. The van der Waals surface area contributed by atoms with E-state index in [4.69, 9.17) is 5.10 Å². The highest BCUT2D eigenvalue weighted by atomic mass is 19.1. The minimum absolute atomic E-state index is 0.115. The molecule has 3 atom stereocenters. The Balaban J connectivity index is 1.13. The summed E-state index contributed by atoms with van der Waals surface area (Å²) in [5, 5.41) is 15.2. The van der Waals surface area contributed by atoms with Crippen LogP contribution in [0.1, 0.15) is 86.2 Å². The van der Waals surface area contributed by atoms with Crippen molar-refractivity contribution in [2.45, 2.75) is 82.7 Å². The number of carboxylic acid groups (broad SMARTS) is 1. The molecule has 3 aromatic rings. The fourth-order valence-electron chi connectivity index (χ4n) is 8.25. The molecule has 0 bridgehead atoms. The van der Waals surface area contributed by atoms with Crippen LogP contribution in [0.25, 0.3) is 0 Å². The van der Waals surface area contributed by atoms with E-state index in [0.717, 1.165) is 88.1 Å². The van der Waals surface area contributed by atoms with E-state index in [9.17, 15) is 18.7 Å². The van der Waals surface area contributed by atoms with Crippen molar-refractivity contribution < 1.29 is 18.7 Å². The van der Waals surface area contributed by atoms with Crippen molar-refractivity contribution >= 4 is 5.97 Å². The fourth-order valence-corrected chi connectivity index (χ4v) is 8.25. The average molecular weight is 605 g/mol. The highest BCUT2D eigenvalue weighted by Gasteiger charge is 2.43. The van der Waals surface area contributed by atoms with Gasteiger partial charge in [-0.1, -0.05) is 43.5 Å². The van der Waals surface area contributed by atoms with E-state index in [2.05, 4.69) is 27.5 Å². The third kappa shape index (κ3) is 7.07. The van der Waals surface area contributed by atoms with E-state index < -0.39 is 12.0 Å². The van der Waals surface area contributed by atoms with Gasteiger partial charge in [-0.3, -0.25) is 14.4 Å². The molecule has 2 aromatic carbocycles. The Kier molecular flexibility index (Phi) is 9.77. The van der Waals surface area contributed by atoms with Gasteiger partial charge in [0.15, 0.2) is 0 Å².